The third-order valence-electron chi connectivity index (χ3n) is 3.28. The predicted octanol–water partition coefficient (Wildman–Crippen LogP) is 0.165. The zero-order chi connectivity index (χ0) is 14.1. The average Bonchev–Trinajstić information content (AvgIpc) is 2.25. The van der Waals surface area contributed by atoms with E-state index in [-0.39, 0.29) is 36.0 Å². The van der Waals surface area contributed by atoms with Crippen LogP contribution in [-0.4, -0.2) is 23.0 Å². The Balaban J connectivity index is 0. The van der Waals surface area contributed by atoms with Crippen LogP contribution in [0.5, 0.6) is 0 Å². The molecule has 0 aliphatic rings. The molecule has 0 saturated heterocycles. The molecule has 0 fully saturated rings. The molecule has 110 valence electrons. The van der Waals surface area contributed by atoms with E-state index in [1.165, 1.54) is 32.1 Å². The van der Waals surface area contributed by atoms with Crippen LogP contribution in [0.25, 0.3) is 0 Å². The molecule has 4 nitrogen and oxygen atoms in total. The van der Waals surface area contributed by atoms with E-state index in [4.69, 9.17) is 0 Å². The minimum Gasteiger partial charge on any atom is -0.746 e. The molecule has 0 amide bonds. The summed E-state index contributed by atoms with van der Waals surface area (Å²) in [6.07, 6.45) is 10.0. The molecule has 0 aliphatic carbocycles. The number of hydrogen-bond donors (Lipinski definition) is 1. The molecule has 0 radical (unpaired) electrons. The van der Waals surface area contributed by atoms with Crippen LogP contribution in [0.2, 0.25) is 0 Å². The molecule has 0 bridgehead atoms. The molecule has 1 atom stereocenters. The molecule has 0 aliphatic heterocycles. The predicted molar refractivity (Wildman–Crippen MR) is 72.2 cm³/mol. The van der Waals surface area contributed by atoms with Gasteiger partial charge in [0.05, 0.1) is 0 Å². The SMILES string of the molecule is CCCCCCCCCCCC(C)(O)S(=O)(=O)[O-].[Na+]. The maximum Gasteiger partial charge on any atom is 1.00 e. The number of hydrogen-bond acceptors (Lipinski definition) is 4. The third kappa shape index (κ3) is 11.2. The van der Waals surface area contributed by atoms with E-state index in [9.17, 15) is 18.1 Å². The molecule has 6 heteroatoms. The van der Waals surface area contributed by atoms with Crippen molar-refractivity contribution in [2.75, 3.05) is 0 Å². The van der Waals surface area contributed by atoms with Crippen molar-refractivity contribution in [1.29, 1.82) is 0 Å². The molecular weight excluding hydrogens is 275 g/mol. The molecule has 0 aromatic heterocycles. The van der Waals surface area contributed by atoms with E-state index >= 15 is 0 Å². The van der Waals surface area contributed by atoms with Gasteiger partial charge in [-0.1, -0.05) is 58.3 Å². The summed E-state index contributed by atoms with van der Waals surface area (Å²) in [5.41, 5.74) is 0. The van der Waals surface area contributed by atoms with Gasteiger partial charge in [-0.25, -0.2) is 8.42 Å². The summed E-state index contributed by atoms with van der Waals surface area (Å²) in [6.45, 7) is 3.27. The van der Waals surface area contributed by atoms with Gasteiger partial charge in [0.15, 0.2) is 4.93 Å². The first kappa shape index (κ1) is 22.2. The van der Waals surface area contributed by atoms with Gasteiger partial charge >= 0.3 is 29.6 Å². The monoisotopic (exact) mass is 302 g/mol. The van der Waals surface area contributed by atoms with Gasteiger partial charge in [-0.05, 0) is 19.8 Å². The second-order valence-corrected chi connectivity index (χ2v) is 7.00. The van der Waals surface area contributed by atoms with Crippen molar-refractivity contribution in [3.8, 4) is 0 Å². The van der Waals surface area contributed by atoms with Gasteiger partial charge in [0.1, 0.15) is 10.1 Å². The molecule has 0 spiro atoms. The minimum absolute atomic E-state index is 0. The fourth-order valence-electron chi connectivity index (χ4n) is 1.89. The fraction of sp³-hybridized carbons (Fsp3) is 1.00. The van der Waals surface area contributed by atoms with Crippen molar-refractivity contribution in [2.45, 2.75) is 83.0 Å². The van der Waals surface area contributed by atoms with Crippen molar-refractivity contribution in [1.82, 2.24) is 0 Å². The van der Waals surface area contributed by atoms with Crippen molar-refractivity contribution >= 4 is 10.1 Å². The van der Waals surface area contributed by atoms with E-state index in [0.717, 1.165) is 26.2 Å². The number of rotatable bonds is 11. The average molecular weight is 302 g/mol. The summed E-state index contributed by atoms with van der Waals surface area (Å²) in [7, 11) is -4.60. The van der Waals surface area contributed by atoms with Gasteiger partial charge in [-0.2, -0.15) is 0 Å². The van der Waals surface area contributed by atoms with Crippen LogP contribution < -0.4 is 29.6 Å². The largest absolute Gasteiger partial charge is 1.00 e. The first-order valence-corrected chi connectivity index (χ1v) is 8.40. The van der Waals surface area contributed by atoms with E-state index in [1.54, 1.807) is 0 Å². The molecule has 1 N–H and O–H groups in total. The second-order valence-electron chi connectivity index (χ2n) is 5.21. The van der Waals surface area contributed by atoms with Gasteiger partial charge in [0.2, 0.25) is 0 Å². The molecule has 0 aromatic rings. The van der Waals surface area contributed by atoms with Gasteiger partial charge in [-0.3, -0.25) is 0 Å². The summed E-state index contributed by atoms with van der Waals surface area (Å²) in [5.74, 6) is 0. The van der Waals surface area contributed by atoms with E-state index in [1.807, 2.05) is 0 Å². The van der Waals surface area contributed by atoms with Crippen LogP contribution in [0.1, 0.15) is 78.1 Å². The van der Waals surface area contributed by atoms with Crippen LogP contribution >= 0.6 is 0 Å². The Labute approximate surface area is 140 Å². The van der Waals surface area contributed by atoms with Crippen molar-refractivity contribution in [3.05, 3.63) is 0 Å². The van der Waals surface area contributed by atoms with Crippen LogP contribution in [-0.2, 0) is 10.1 Å². The Morgan fingerprint density at radius 2 is 1.32 bits per heavy atom. The van der Waals surface area contributed by atoms with Gasteiger partial charge in [0.25, 0.3) is 0 Å². The normalized spacial score (nSPS) is 14.7. The van der Waals surface area contributed by atoms with Gasteiger partial charge in [0, 0.05) is 0 Å². The van der Waals surface area contributed by atoms with Crippen LogP contribution in [0, 0.1) is 0 Å². The van der Waals surface area contributed by atoms with Crippen molar-refractivity contribution < 1.29 is 47.6 Å². The molecule has 0 saturated carbocycles. The fourth-order valence-corrected chi connectivity index (χ4v) is 2.28. The third-order valence-corrected chi connectivity index (χ3v) is 4.56. The van der Waals surface area contributed by atoms with E-state index in [0.29, 0.717) is 6.42 Å². The summed E-state index contributed by atoms with van der Waals surface area (Å²) in [5, 5.41) is 9.45. The standard InChI is InChI=1S/C13H28O4S.Na/c1-3-4-5-6-7-8-9-10-11-12-13(2,14)18(15,16)17;/h14H,3-12H2,1-2H3,(H,15,16,17);/q;+1/p-1. The van der Waals surface area contributed by atoms with Crippen molar-refractivity contribution in [3.63, 3.8) is 0 Å². The van der Waals surface area contributed by atoms with Crippen LogP contribution in [0.3, 0.4) is 0 Å². The molecular formula is C13H27NaO4S. The summed E-state index contributed by atoms with van der Waals surface area (Å²) >= 11 is 0. The van der Waals surface area contributed by atoms with E-state index in [2.05, 4.69) is 6.92 Å². The second kappa shape index (κ2) is 11.5. The molecule has 1 unspecified atom stereocenters. The van der Waals surface area contributed by atoms with E-state index < -0.39 is 15.1 Å². The Morgan fingerprint density at radius 3 is 1.68 bits per heavy atom. The van der Waals surface area contributed by atoms with Gasteiger partial charge < -0.3 is 9.66 Å². The minimum atomic E-state index is -4.60. The Hall–Kier alpha value is 0.870. The summed E-state index contributed by atoms with van der Waals surface area (Å²) < 4.78 is 32.1. The Bertz CT molecular complexity index is 302. The summed E-state index contributed by atoms with van der Waals surface area (Å²) in [6, 6.07) is 0. The van der Waals surface area contributed by atoms with Crippen LogP contribution in [0.15, 0.2) is 0 Å². The topological polar surface area (TPSA) is 77.4 Å². The van der Waals surface area contributed by atoms with Crippen LogP contribution in [0.4, 0.5) is 0 Å². The first-order chi connectivity index (χ1) is 8.31. The zero-order valence-electron chi connectivity index (χ0n) is 12.7. The van der Waals surface area contributed by atoms with Crippen molar-refractivity contribution in [2.24, 2.45) is 0 Å². The molecule has 0 rings (SSSR count). The number of unbranched alkanes of at least 4 members (excludes halogenated alkanes) is 8. The number of aliphatic hydroxyl groups is 1. The molecule has 0 heterocycles. The zero-order valence-corrected chi connectivity index (χ0v) is 15.5. The Kier molecular flexibility index (Phi) is 13.4. The smallest absolute Gasteiger partial charge is 0.746 e. The maximum atomic E-state index is 10.7. The summed E-state index contributed by atoms with van der Waals surface area (Å²) in [4.78, 5) is -2.10. The Morgan fingerprint density at radius 1 is 0.947 bits per heavy atom. The first-order valence-electron chi connectivity index (χ1n) is 6.99. The van der Waals surface area contributed by atoms with Gasteiger partial charge in [-0.15, -0.1) is 0 Å². The quantitative estimate of drug-likeness (QED) is 0.335. The maximum absolute atomic E-state index is 10.7. The molecule has 19 heavy (non-hydrogen) atoms. The molecule has 0 aromatic carbocycles.